The zero-order chi connectivity index (χ0) is 19.0. The van der Waals surface area contributed by atoms with Gasteiger partial charge in [0.1, 0.15) is 5.82 Å². The maximum atomic E-state index is 12.6. The van der Waals surface area contributed by atoms with Crippen LogP contribution in [-0.2, 0) is 4.79 Å². The first kappa shape index (κ1) is 18.3. The number of carbonyl (C=O) groups is 2. The quantitative estimate of drug-likeness (QED) is 0.817. The van der Waals surface area contributed by atoms with Crippen LogP contribution in [0.2, 0.25) is 0 Å². The first-order valence-electron chi connectivity index (χ1n) is 10.2. The molecule has 6 nitrogen and oxygen atoms in total. The summed E-state index contributed by atoms with van der Waals surface area (Å²) in [6.45, 7) is 3.60. The average Bonchev–Trinajstić information content (AvgIpc) is 3.48. The fourth-order valence-electron chi connectivity index (χ4n) is 4.66. The molecule has 1 atom stereocenters. The number of carbonyl (C=O) groups excluding carboxylic acids is 2. The Morgan fingerprint density at radius 3 is 2.85 bits per heavy atom. The van der Waals surface area contributed by atoms with Crippen LogP contribution in [0.5, 0.6) is 0 Å². The van der Waals surface area contributed by atoms with Crippen molar-refractivity contribution in [1.82, 2.24) is 14.8 Å². The Labute approximate surface area is 161 Å². The van der Waals surface area contributed by atoms with Crippen LogP contribution in [0.4, 0.5) is 5.82 Å². The van der Waals surface area contributed by atoms with Gasteiger partial charge >= 0.3 is 0 Å². The summed E-state index contributed by atoms with van der Waals surface area (Å²) in [5.41, 5.74) is 0.804. The zero-order valence-corrected chi connectivity index (χ0v) is 16.5. The maximum absolute atomic E-state index is 12.6. The molecule has 1 aliphatic carbocycles. The molecule has 2 saturated heterocycles. The van der Waals surface area contributed by atoms with Gasteiger partial charge in [0, 0.05) is 58.3 Å². The van der Waals surface area contributed by atoms with Crippen molar-refractivity contribution in [3.05, 3.63) is 23.9 Å². The minimum atomic E-state index is -0.00750. The normalized spacial score (nSPS) is 25.8. The number of rotatable bonds is 4. The van der Waals surface area contributed by atoms with Crippen molar-refractivity contribution in [2.75, 3.05) is 45.2 Å². The number of hydrogen-bond acceptors (Lipinski definition) is 4. The molecule has 1 aromatic rings. The van der Waals surface area contributed by atoms with Gasteiger partial charge in [-0.05, 0) is 50.2 Å². The van der Waals surface area contributed by atoms with Gasteiger partial charge in [-0.1, -0.05) is 0 Å². The molecule has 3 aliphatic rings. The summed E-state index contributed by atoms with van der Waals surface area (Å²) in [7, 11) is 3.55. The molecule has 4 rings (SSSR count). The summed E-state index contributed by atoms with van der Waals surface area (Å²) in [5.74, 6) is 1.84. The van der Waals surface area contributed by atoms with Crippen molar-refractivity contribution < 1.29 is 9.59 Å². The van der Waals surface area contributed by atoms with Crippen molar-refractivity contribution in [2.24, 2.45) is 11.3 Å². The molecule has 2 aliphatic heterocycles. The van der Waals surface area contributed by atoms with E-state index in [1.165, 1.54) is 12.8 Å². The van der Waals surface area contributed by atoms with Crippen molar-refractivity contribution in [1.29, 1.82) is 0 Å². The summed E-state index contributed by atoms with van der Waals surface area (Å²) >= 11 is 0. The average molecular weight is 370 g/mol. The third-order valence-electron chi connectivity index (χ3n) is 6.31. The molecule has 2 amide bonds. The van der Waals surface area contributed by atoms with Crippen LogP contribution in [0.25, 0.3) is 0 Å². The van der Waals surface area contributed by atoms with Gasteiger partial charge in [-0.3, -0.25) is 9.59 Å². The van der Waals surface area contributed by atoms with Crippen LogP contribution in [0.3, 0.4) is 0 Å². The zero-order valence-electron chi connectivity index (χ0n) is 16.5. The van der Waals surface area contributed by atoms with Crippen LogP contribution < -0.4 is 4.90 Å². The fourth-order valence-corrected chi connectivity index (χ4v) is 4.66. The summed E-state index contributed by atoms with van der Waals surface area (Å²) in [6, 6.07) is 3.70. The molecule has 6 heteroatoms. The lowest BCUT2D eigenvalue weighted by Crippen LogP contribution is -2.54. The predicted molar refractivity (Wildman–Crippen MR) is 105 cm³/mol. The highest BCUT2D eigenvalue weighted by molar-refractivity contribution is 5.98. The number of pyridine rings is 1. The van der Waals surface area contributed by atoms with E-state index >= 15 is 0 Å². The Balaban J connectivity index is 1.55. The van der Waals surface area contributed by atoms with Gasteiger partial charge in [-0.2, -0.15) is 0 Å². The van der Waals surface area contributed by atoms with Crippen molar-refractivity contribution in [2.45, 2.75) is 38.5 Å². The van der Waals surface area contributed by atoms with E-state index in [2.05, 4.69) is 14.8 Å². The lowest BCUT2D eigenvalue weighted by atomic mass is 9.73. The van der Waals surface area contributed by atoms with Crippen LogP contribution >= 0.6 is 0 Å². The van der Waals surface area contributed by atoms with E-state index in [4.69, 9.17) is 0 Å². The minimum Gasteiger partial charge on any atom is -0.355 e. The molecule has 1 saturated carbocycles. The summed E-state index contributed by atoms with van der Waals surface area (Å²) < 4.78 is 0. The van der Waals surface area contributed by atoms with E-state index in [0.29, 0.717) is 17.9 Å². The fraction of sp³-hybridized carbons (Fsp3) is 0.667. The molecule has 1 spiro atoms. The summed E-state index contributed by atoms with van der Waals surface area (Å²) in [4.78, 5) is 35.6. The van der Waals surface area contributed by atoms with E-state index in [-0.39, 0.29) is 11.3 Å². The number of anilines is 1. The van der Waals surface area contributed by atoms with Gasteiger partial charge in [-0.15, -0.1) is 0 Å². The second-order valence-electron chi connectivity index (χ2n) is 8.82. The van der Waals surface area contributed by atoms with Crippen molar-refractivity contribution in [3.8, 4) is 0 Å². The number of hydrogen-bond donors (Lipinski definition) is 0. The smallest absolute Gasteiger partial charge is 0.257 e. The first-order chi connectivity index (χ1) is 13.0. The van der Waals surface area contributed by atoms with E-state index < -0.39 is 0 Å². The molecule has 0 aromatic carbocycles. The highest BCUT2D eigenvalue weighted by atomic mass is 16.2. The maximum Gasteiger partial charge on any atom is 0.257 e. The molecule has 3 heterocycles. The molecule has 0 N–H and O–H groups in total. The molecular weight excluding hydrogens is 340 g/mol. The second kappa shape index (κ2) is 7.13. The third kappa shape index (κ3) is 3.80. The van der Waals surface area contributed by atoms with Crippen LogP contribution in [0.1, 0.15) is 48.9 Å². The number of likely N-dealkylation sites (tertiary alicyclic amines) is 1. The highest BCUT2D eigenvalue weighted by Crippen LogP contribution is 2.41. The van der Waals surface area contributed by atoms with Gasteiger partial charge < -0.3 is 14.7 Å². The number of aromatic nitrogens is 1. The number of piperidine rings is 2. The molecule has 0 radical (unpaired) electrons. The Hall–Kier alpha value is -2.11. The van der Waals surface area contributed by atoms with Gasteiger partial charge in [0.15, 0.2) is 0 Å². The standard InChI is InChI=1S/C21H30N4O2/c1-23(2)20(27)17-5-3-11-22-19(17)24-12-4-9-21(14-24)10-8-18(26)25(15-21)13-16-6-7-16/h3,5,11,16H,4,6-10,12-15H2,1-2H3. The van der Waals surface area contributed by atoms with E-state index in [1.807, 2.05) is 12.1 Å². The van der Waals surface area contributed by atoms with Gasteiger partial charge in [0.25, 0.3) is 5.91 Å². The summed E-state index contributed by atoms with van der Waals surface area (Å²) in [6.07, 6.45) is 8.16. The van der Waals surface area contributed by atoms with Crippen LogP contribution in [0.15, 0.2) is 18.3 Å². The Kier molecular flexibility index (Phi) is 4.82. The highest BCUT2D eigenvalue weighted by Gasteiger charge is 2.43. The Morgan fingerprint density at radius 1 is 1.30 bits per heavy atom. The Bertz CT molecular complexity index is 731. The lowest BCUT2D eigenvalue weighted by Gasteiger charge is -2.48. The summed E-state index contributed by atoms with van der Waals surface area (Å²) in [5, 5.41) is 0. The van der Waals surface area contributed by atoms with E-state index in [9.17, 15) is 9.59 Å². The van der Waals surface area contributed by atoms with E-state index in [1.54, 1.807) is 25.2 Å². The van der Waals surface area contributed by atoms with Crippen LogP contribution in [0, 0.1) is 11.3 Å². The lowest BCUT2D eigenvalue weighted by molar-refractivity contribution is -0.138. The third-order valence-corrected chi connectivity index (χ3v) is 6.31. The molecule has 0 bridgehead atoms. The first-order valence-corrected chi connectivity index (χ1v) is 10.2. The molecule has 1 unspecified atom stereocenters. The van der Waals surface area contributed by atoms with Gasteiger partial charge in [0.2, 0.25) is 5.91 Å². The van der Waals surface area contributed by atoms with Crippen LogP contribution in [-0.4, -0.2) is 66.9 Å². The van der Waals surface area contributed by atoms with Gasteiger partial charge in [-0.25, -0.2) is 4.98 Å². The largest absolute Gasteiger partial charge is 0.355 e. The molecule has 1 aromatic heterocycles. The van der Waals surface area contributed by atoms with Gasteiger partial charge in [0.05, 0.1) is 5.56 Å². The second-order valence-corrected chi connectivity index (χ2v) is 8.82. The van der Waals surface area contributed by atoms with E-state index in [0.717, 1.165) is 57.2 Å². The molecule has 146 valence electrons. The number of amides is 2. The minimum absolute atomic E-state index is 0.00750. The van der Waals surface area contributed by atoms with Crippen molar-refractivity contribution in [3.63, 3.8) is 0 Å². The SMILES string of the molecule is CN(C)C(=O)c1cccnc1N1CCCC2(CCC(=O)N(CC3CC3)C2)C1. The van der Waals surface area contributed by atoms with Crippen molar-refractivity contribution >= 4 is 17.6 Å². The number of nitrogens with zero attached hydrogens (tertiary/aromatic N) is 4. The topological polar surface area (TPSA) is 56.8 Å². The predicted octanol–water partition coefficient (Wildman–Crippen LogP) is 2.40. The molecular formula is C21H30N4O2. The molecule has 27 heavy (non-hydrogen) atoms. The Morgan fingerprint density at radius 2 is 2.11 bits per heavy atom. The molecule has 3 fully saturated rings. The monoisotopic (exact) mass is 370 g/mol.